The number of nitrogens with one attached hydrogen (secondary N) is 1. The number of carbonyl (C=O) groups is 1. The summed E-state index contributed by atoms with van der Waals surface area (Å²) in [6.45, 7) is 8.45. The van der Waals surface area contributed by atoms with Crippen molar-refractivity contribution >= 4 is 17.3 Å². The first-order valence-electron chi connectivity index (χ1n) is 10.4. The average molecular weight is 407 g/mol. The van der Waals surface area contributed by atoms with E-state index in [0.29, 0.717) is 5.56 Å². The van der Waals surface area contributed by atoms with Crippen LogP contribution in [0.15, 0.2) is 54.7 Å². The quantitative estimate of drug-likeness (QED) is 0.631. The zero-order valence-electron chi connectivity index (χ0n) is 17.6. The highest BCUT2D eigenvalue weighted by molar-refractivity contribution is 6.05. The van der Waals surface area contributed by atoms with Gasteiger partial charge in [0.2, 0.25) is 0 Å². The van der Waals surface area contributed by atoms with E-state index < -0.39 is 0 Å². The van der Waals surface area contributed by atoms with Gasteiger partial charge in [-0.15, -0.1) is 0 Å². The number of benzene rings is 2. The van der Waals surface area contributed by atoms with E-state index in [1.165, 1.54) is 24.2 Å². The number of aromatic nitrogens is 2. The second-order valence-corrected chi connectivity index (χ2v) is 8.33. The number of rotatable bonds is 5. The molecule has 30 heavy (non-hydrogen) atoms. The van der Waals surface area contributed by atoms with Crippen LogP contribution >= 0.6 is 0 Å². The van der Waals surface area contributed by atoms with Crippen molar-refractivity contribution in [3.05, 3.63) is 71.8 Å². The van der Waals surface area contributed by atoms with Gasteiger partial charge in [-0.25, -0.2) is 9.07 Å². The Morgan fingerprint density at radius 3 is 2.37 bits per heavy atom. The lowest BCUT2D eigenvalue weighted by Gasteiger charge is -2.18. The van der Waals surface area contributed by atoms with E-state index in [9.17, 15) is 9.18 Å². The molecule has 0 spiro atoms. The van der Waals surface area contributed by atoms with Crippen LogP contribution in [-0.2, 0) is 0 Å². The Hall–Kier alpha value is -3.15. The number of amides is 1. The van der Waals surface area contributed by atoms with E-state index in [1.807, 2.05) is 26.0 Å². The summed E-state index contributed by atoms with van der Waals surface area (Å²) < 4.78 is 15.0. The standard InChI is InChI=1S/C24H27FN4O/c1-16(2)23-22(14-26-29(23)21-8-4-18(25)5-9-21)24(30)27-19-6-10-20(11-7-19)28-13-12-17(3)15-28/h4-11,14,16-17H,12-13,15H2,1-3H3,(H,27,30). The fourth-order valence-corrected chi connectivity index (χ4v) is 4.00. The molecule has 2 heterocycles. The molecule has 4 rings (SSSR count). The Kier molecular flexibility index (Phi) is 5.57. The summed E-state index contributed by atoms with van der Waals surface area (Å²) in [6.07, 6.45) is 2.79. The molecule has 0 saturated carbocycles. The number of nitrogens with zero attached hydrogens (tertiary/aromatic N) is 3. The molecule has 5 nitrogen and oxygen atoms in total. The van der Waals surface area contributed by atoms with Crippen LogP contribution in [0.25, 0.3) is 5.69 Å². The fourth-order valence-electron chi connectivity index (χ4n) is 4.00. The molecule has 0 bridgehead atoms. The average Bonchev–Trinajstić information content (AvgIpc) is 3.36. The van der Waals surface area contributed by atoms with Crippen molar-refractivity contribution < 1.29 is 9.18 Å². The molecule has 1 atom stereocenters. The van der Waals surface area contributed by atoms with Crippen LogP contribution in [0.5, 0.6) is 0 Å². The lowest BCUT2D eigenvalue weighted by molar-refractivity contribution is 0.102. The topological polar surface area (TPSA) is 50.2 Å². The third-order valence-electron chi connectivity index (χ3n) is 5.58. The molecule has 1 amide bonds. The molecule has 1 aliphatic heterocycles. The molecule has 156 valence electrons. The molecular formula is C24H27FN4O. The first kappa shape index (κ1) is 20.1. The van der Waals surface area contributed by atoms with Gasteiger partial charge in [0.25, 0.3) is 5.91 Å². The second-order valence-electron chi connectivity index (χ2n) is 8.33. The van der Waals surface area contributed by atoms with Crippen LogP contribution in [0, 0.1) is 11.7 Å². The van der Waals surface area contributed by atoms with Crippen molar-refractivity contribution in [1.82, 2.24) is 9.78 Å². The van der Waals surface area contributed by atoms with E-state index in [-0.39, 0.29) is 17.6 Å². The first-order valence-corrected chi connectivity index (χ1v) is 10.4. The van der Waals surface area contributed by atoms with Crippen molar-refractivity contribution in [2.75, 3.05) is 23.3 Å². The van der Waals surface area contributed by atoms with Gasteiger partial charge in [0.05, 0.1) is 23.1 Å². The molecule has 1 N–H and O–H groups in total. The summed E-state index contributed by atoms with van der Waals surface area (Å²) in [5.74, 6) is 0.283. The zero-order chi connectivity index (χ0) is 21.3. The number of hydrogen-bond acceptors (Lipinski definition) is 3. The molecule has 6 heteroatoms. The molecule has 1 aromatic heterocycles. The Morgan fingerprint density at radius 2 is 1.77 bits per heavy atom. The summed E-state index contributed by atoms with van der Waals surface area (Å²) in [4.78, 5) is 15.4. The lowest BCUT2D eigenvalue weighted by atomic mass is 10.0. The van der Waals surface area contributed by atoms with Gasteiger partial charge in [0.15, 0.2) is 0 Å². The fraction of sp³-hybridized carbons (Fsp3) is 0.333. The minimum absolute atomic E-state index is 0.0674. The van der Waals surface area contributed by atoms with Gasteiger partial charge < -0.3 is 10.2 Å². The van der Waals surface area contributed by atoms with Crippen molar-refractivity contribution in [2.24, 2.45) is 5.92 Å². The predicted molar refractivity (Wildman–Crippen MR) is 118 cm³/mol. The van der Waals surface area contributed by atoms with Crippen LogP contribution in [-0.4, -0.2) is 28.8 Å². The third kappa shape index (κ3) is 4.08. The summed E-state index contributed by atoms with van der Waals surface area (Å²) in [5, 5.41) is 7.38. The maximum Gasteiger partial charge on any atom is 0.259 e. The maximum atomic E-state index is 13.3. The summed E-state index contributed by atoms with van der Waals surface area (Å²) in [7, 11) is 0. The summed E-state index contributed by atoms with van der Waals surface area (Å²) in [6, 6.07) is 14.1. The summed E-state index contributed by atoms with van der Waals surface area (Å²) in [5.41, 5.74) is 3.97. The van der Waals surface area contributed by atoms with Crippen molar-refractivity contribution in [3.8, 4) is 5.69 Å². The van der Waals surface area contributed by atoms with Crippen molar-refractivity contribution in [3.63, 3.8) is 0 Å². The van der Waals surface area contributed by atoms with E-state index in [0.717, 1.165) is 36.1 Å². The lowest BCUT2D eigenvalue weighted by Crippen LogP contribution is -2.19. The third-order valence-corrected chi connectivity index (χ3v) is 5.58. The van der Waals surface area contributed by atoms with Gasteiger partial charge in [-0.1, -0.05) is 20.8 Å². The Bertz CT molecular complexity index is 1020. The summed E-state index contributed by atoms with van der Waals surface area (Å²) >= 11 is 0. The smallest absolute Gasteiger partial charge is 0.259 e. The predicted octanol–water partition coefficient (Wildman–Crippen LogP) is 5.23. The van der Waals surface area contributed by atoms with Gasteiger partial charge in [-0.2, -0.15) is 5.10 Å². The van der Waals surface area contributed by atoms with Gasteiger partial charge in [-0.05, 0) is 66.8 Å². The SMILES string of the molecule is CC1CCN(c2ccc(NC(=O)c3cnn(-c4ccc(F)cc4)c3C(C)C)cc2)C1. The molecule has 1 fully saturated rings. The van der Waals surface area contributed by atoms with Crippen molar-refractivity contribution in [2.45, 2.75) is 33.1 Å². The molecule has 3 aromatic rings. The molecular weight excluding hydrogens is 379 g/mol. The number of halogens is 1. The van der Waals surface area contributed by atoms with Crippen molar-refractivity contribution in [1.29, 1.82) is 0 Å². The number of carbonyl (C=O) groups excluding carboxylic acids is 1. The van der Waals surface area contributed by atoms with Crippen LogP contribution in [0.2, 0.25) is 0 Å². The highest BCUT2D eigenvalue weighted by atomic mass is 19.1. The molecule has 1 unspecified atom stereocenters. The first-order chi connectivity index (χ1) is 14.4. The zero-order valence-corrected chi connectivity index (χ0v) is 17.6. The van der Waals surface area contributed by atoms with Gasteiger partial charge in [0.1, 0.15) is 5.82 Å². The van der Waals surface area contributed by atoms with Gasteiger partial charge >= 0.3 is 0 Å². The highest BCUT2D eigenvalue weighted by Crippen LogP contribution is 2.27. The molecule has 2 aromatic carbocycles. The Labute approximate surface area is 176 Å². The van der Waals surface area contributed by atoms with Gasteiger partial charge in [0, 0.05) is 24.5 Å². The Morgan fingerprint density at radius 1 is 1.10 bits per heavy atom. The van der Waals surface area contributed by atoms with Crippen LogP contribution < -0.4 is 10.2 Å². The molecule has 1 saturated heterocycles. The van der Waals surface area contributed by atoms with Crippen LogP contribution in [0.1, 0.15) is 49.2 Å². The molecule has 0 aliphatic carbocycles. The largest absolute Gasteiger partial charge is 0.371 e. The number of hydrogen-bond donors (Lipinski definition) is 1. The van der Waals surface area contributed by atoms with Crippen LogP contribution in [0.3, 0.4) is 0 Å². The van der Waals surface area contributed by atoms with E-state index in [4.69, 9.17) is 0 Å². The van der Waals surface area contributed by atoms with Crippen LogP contribution in [0.4, 0.5) is 15.8 Å². The van der Waals surface area contributed by atoms with E-state index >= 15 is 0 Å². The normalized spacial score (nSPS) is 16.3. The van der Waals surface area contributed by atoms with E-state index in [2.05, 4.69) is 34.4 Å². The van der Waals surface area contributed by atoms with E-state index in [1.54, 1.807) is 23.0 Å². The Balaban J connectivity index is 1.54. The van der Waals surface area contributed by atoms with Gasteiger partial charge in [-0.3, -0.25) is 4.79 Å². The minimum atomic E-state index is -0.304. The second kappa shape index (κ2) is 8.30. The molecule has 0 radical (unpaired) electrons. The minimum Gasteiger partial charge on any atom is -0.371 e. The highest BCUT2D eigenvalue weighted by Gasteiger charge is 2.22. The number of anilines is 2. The monoisotopic (exact) mass is 406 g/mol. The maximum absolute atomic E-state index is 13.3. The molecule has 1 aliphatic rings.